The summed E-state index contributed by atoms with van der Waals surface area (Å²) >= 11 is 4.31. The lowest BCUT2D eigenvalue weighted by atomic mass is 9.76. The van der Waals surface area contributed by atoms with E-state index in [1.165, 1.54) is 53.8 Å². The molecule has 2 atom stereocenters. The molecule has 10 nitrogen and oxygen atoms in total. The van der Waals surface area contributed by atoms with Gasteiger partial charge in [0.15, 0.2) is 24.0 Å². The Morgan fingerprint density at radius 2 is 1.87 bits per heavy atom. The number of aromatic nitrogens is 6. The third kappa shape index (κ3) is 6.80. The first kappa shape index (κ1) is 35.9. The van der Waals surface area contributed by atoms with Crippen LogP contribution in [0.25, 0.3) is 22.3 Å². The number of halogens is 4. The van der Waals surface area contributed by atoms with Gasteiger partial charge in [0.25, 0.3) is 5.92 Å². The normalized spacial score (nSPS) is 18.7. The van der Waals surface area contributed by atoms with Crippen molar-refractivity contribution in [2.45, 2.75) is 55.7 Å². The summed E-state index contributed by atoms with van der Waals surface area (Å²) in [6.07, 6.45) is 2.22. The molecule has 7 rings (SSSR count). The lowest BCUT2D eigenvalue weighted by molar-refractivity contribution is -0.139. The second kappa shape index (κ2) is 13.2. The quantitative estimate of drug-likeness (QED) is 0.129. The number of carboxylic acid groups (broad SMARTS) is 1. The molecule has 0 aliphatic carbocycles. The average Bonchev–Trinajstić information content (AvgIpc) is 3.86. The van der Waals surface area contributed by atoms with Crippen molar-refractivity contribution in [2.75, 3.05) is 6.61 Å². The molecule has 0 radical (unpaired) electrons. The number of benzene rings is 3. The van der Waals surface area contributed by atoms with Crippen LogP contribution in [0.5, 0.6) is 5.88 Å². The molecule has 0 fully saturated rings. The second-order valence-corrected chi connectivity index (χ2v) is 14.8. The minimum absolute atomic E-state index is 0.00175. The predicted molar refractivity (Wildman–Crippen MR) is 191 cm³/mol. The Kier molecular flexibility index (Phi) is 8.95. The van der Waals surface area contributed by atoms with Crippen LogP contribution in [0, 0.1) is 11.6 Å². The highest BCUT2D eigenvalue weighted by molar-refractivity contribution is 7.82. The Morgan fingerprint density at radius 3 is 2.64 bits per heavy atom. The van der Waals surface area contributed by atoms with Crippen molar-refractivity contribution in [3.8, 4) is 17.3 Å². The number of thiol groups is 1. The van der Waals surface area contributed by atoms with Crippen LogP contribution in [0.1, 0.15) is 65.1 Å². The minimum Gasteiger partial charge on any atom is -0.480 e. The van der Waals surface area contributed by atoms with Crippen LogP contribution in [0.4, 0.5) is 17.6 Å². The topological polar surface area (TPSA) is 128 Å². The number of alkyl halides is 2. The zero-order valence-electron chi connectivity index (χ0n) is 28.8. The van der Waals surface area contributed by atoms with Crippen LogP contribution in [0.2, 0.25) is 0 Å². The fourth-order valence-corrected chi connectivity index (χ4v) is 6.91. The average molecular weight is 747 g/mol. The van der Waals surface area contributed by atoms with Gasteiger partial charge in [-0.15, -0.1) is 5.10 Å². The molecule has 274 valence electrons. The molecule has 0 amide bonds. The van der Waals surface area contributed by atoms with Gasteiger partial charge in [-0.1, -0.05) is 24.3 Å². The molecule has 15 heteroatoms. The maximum absolute atomic E-state index is 15.9. The van der Waals surface area contributed by atoms with Crippen molar-refractivity contribution >= 4 is 35.3 Å². The molecular formula is C38H34F4N6O4S. The second-order valence-electron chi connectivity index (χ2n) is 13.8. The van der Waals surface area contributed by atoms with Gasteiger partial charge in [0.1, 0.15) is 16.4 Å². The first-order chi connectivity index (χ1) is 25.0. The van der Waals surface area contributed by atoms with E-state index in [9.17, 15) is 14.7 Å². The zero-order valence-corrected chi connectivity index (χ0v) is 29.7. The van der Waals surface area contributed by atoms with E-state index in [4.69, 9.17) is 4.74 Å². The number of hydrogen-bond donors (Lipinski definition) is 3. The summed E-state index contributed by atoms with van der Waals surface area (Å²) in [5, 5.41) is 19.1. The van der Waals surface area contributed by atoms with E-state index >= 15 is 17.6 Å². The van der Waals surface area contributed by atoms with Crippen LogP contribution in [-0.2, 0) is 30.2 Å². The lowest BCUT2D eigenvalue weighted by Crippen LogP contribution is -2.33. The van der Waals surface area contributed by atoms with Gasteiger partial charge in [-0.3, -0.25) is 14.3 Å². The van der Waals surface area contributed by atoms with E-state index in [1.807, 2.05) is 0 Å². The Morgan fingerprint density at radius 1 is 1.08 bits per heavy atom. The molecule has 0 spiro atoms. The van der Waals surface area contributed by atoms with Crippen LogP contribution < -0.4 is 4.74 Å². The van der Waals surface area contributed by atoms with E-state index in [0.29, 0.717) is 22.0 Å². The van der Waals surface area contributed by atoms with Gasteiger partial charge < -0.3 is 14.8 Å². The minimum atomic E-state index is -3.37. The number of H-pyrrole nitrogens is 1. The smallest absolute Gasteiger partial charge is 0.319 e. The number of carboxylic acids is 1. The molecular weight excluding hydrogens is 713 g/mol. The number of nitrogens with one attached hydrogen (secondary N) is 1. The van der Waals surface area contributed by atoms with Gasteiger partial charge in [-0.25, -0.2) is 27.2 Å². The molecule has 2 N–H and O–H groups in total. The van der Waals surface area contributed by atoms with E-state index in [1.54, 1.807) is 43.5 Å². The molecule has 0 saturated carbocycles. The van der Waals surface area contributed by atoms with Gasteiger partial charge in [0, 0.05) is 48.4 Å². The number of fused-ring (bicyclic) bond motifs is 10. The van der Waals surface area contributed by atoms with Crippen LogP contribution in [-0.4, -0.2) is 63.7 Å². The summed E-state index contributed by atoms with van der Waals surface area (Å²) in [4.78, 5) is 33.7. The van der Waals surface area contributed by atoms with Crippen molar-refractivity contribution in [1.82, 2.24) is 29.5 Å². The number of carbonyl (C=O) groups is 2. The third-order valence-corrected chi connectivity index (χ3v) is 10.1. The predicted octanol–water partition coefficient (Wildman–Crippen LogP) is 7.15. The molecule has 53 heavy (non-hydrogen) atoms. The largest absolute Gasteiger partial charge is 0.480 e. The molecule has 6 aromatic rings. The highest BCUT2D eigenvalue weighted by atomic mass is 32.1. The molecule has 4 heterocycles. The third-order valence-electron chi connectivity index (χ3n) is 9.80. The van der Waals surface area contributed by atoms with Gasteiger partial charge in [0.05, 0.1) is 23.1 Å². The summed E-state index contributed by atoms with van der Waals surface area (Å²) in [5.41, 5.74) is 0.0871. The first-order valence-corrected chi connectivity index (χ1v) is 17.1. The lowest BCUT2D eigenvalue weighted by Gasteiger charge is -2.30. The highest BCUT2D eigenvalue weighted by Gasteiger charge is 2.40. The van der Waals surface area contributed by atoms with Crippen molar-refractivity contribution in [3.63, 3.8) is 0 Å². The van der Waals surface area contributed by atoms with Gasteiger partial charge in [0.2, 0.25) is 5.88 Å². The summed E-state index contributed by atoms with van der Waals surface area (Å²) in [6, 6.07) is 14.7. The summed E-state index contributed by atoms with van der Waals surface area (Å²) in [6.45, 7) is 2.02. The Labute approximate surface area is 306 Å². The summed E-state index contributed by atoms with van der Waals surface area (Å²) in [5.74, 6) is -6.79. The van der Waals surface area contributed by atoms with E-state index in [2.05, 4.69) is 32.8 Å². The van der Waals surface area contributed by atoms with E-state index in [-0.39, 0.29) is 59.2 Å². The number of aliphatic carboxylic acids is 1. The Hall–Kier alpha value is -5.44. The molecule has 0 saturated heterocycles. The van der Waals surface area contributed by atoms with Gasteiger partial charge in [-0.05, 0) is 73.7 Å². The maximum atomic E-state index is 15.9. The molecule has 6 bridgehead atoms. The van der Waals surface area contributed by atoms with Crippen molar-refractivity contribution in [3.05, 3.63) is 118 Å². The Balaban J connectivity index is 1.40. The maximum Gasteiger partial charge on any atom is 0.319 e. The number of carbonyl (C=O) groups excluding carboxylic acids is 1. The zero-order chi connectivity index (χ0) is 37.9. The van der Waals surface area contributed by atoms with Crippen LogP contribution in [0.15, 0.2) is 73.1 Å². The molecule has 1 aliphatic heterocycles. The highest BCUT2D eigenvalue weighted by Crippen LogP contribution is 2.40. The van der Waals surface area contributed by atoms with Crippen molar-refractivity contribution in [1.29, 1.82) is 0 Å². The van der Waals surface area contributed by atoms with Crippen molar-refractivity contribution < 1.29 is 37.0 Å². The number of hydrogen-bond acceptors (Lipinski definition) is 7. The van der Waals surface area contributed by atoms with E-state index < -0.39 is 52.5 Å². The number of rotatable bonds is 4. The Bertz CT molecular complexity index is 2400. The number of nitrogens with zero attached hydrogens (tertiary/aromatic N) is 5. The molecule has 3 aromatic heterocycles. The SMILES string of the molecule is Cn1nc2nc1-c1cc(ccc1F)C(=O)c1c(F)cc3[nH]ccc3c1Cn1ccc(n1)OCC(F)(F)CCC2(C)c1cccc(C[C@@](C)(S)C(=O)O)c1. The number of aryl methyl sites for hydroxylation is 1. The van der Waals surface area contributed by atoms with E-state index in [0.717, 1.165) is 6.07 Å². The van der Waals surface area contributed by atoms with Gasteiger partial charge >= 0.3 is 5.97 Å². The molecule has 1 unspecified atom stereocenters. The fraction of sp³-hybridized carbons (Fsp3) is 0.289. The number of ether oxygens (including phenoxy) is 1. The first-order valence-electron chi connectivity index (χ1n) is 16.7. The summed E-state index contributed by atoms with van der Waals surface area (Å²) < 4.78 is 69.6. The molecule has 3 aromatic carbocycles. The number of aromatic amines is 1. The van der Waals surface area contributed by atoms with Crippen molar-refractivity contribution in [2.24, 2.45) is 7.05 Å². The fourth-order valence-electron chi connectivity index (χ4n) is 6.72. The number of ketones is 1. The standard InChI is InChI=1S/C38H34F4N6O4S/c1-36(23-6-4-5-21(15-23)18-37(2,53)35(50)51)11-12-38(41,42)20-52-30-10-14-48(45-30)19-26-24-9-13-43-29(24)17-28(40)31(26)32(49)22-7-8-27(39)25(16-22)33-44-34(36)46-47(33)3/h4-10,13-17,43,53H,11-12,18-20H2,1-3H3,(H,50,51)/t36?,37-/m1/s1. The van der Waals surface area contributed by atoms with Crippen LogP contribution >= 0.6 is 12.6 Å². The molecule has 1 aliphatic rings. The van der Waals surface area contributed by atoms with Gasteiger partial charge in [-0.2, -0.15) is 17.7 Å². The van der Waals surface area contributed by atoms with Crippen LogP contribution in [0.3, 0.4) is 0 Å². The monoisotopic (exact) mass is 746 g/mol. The summed E-state index contributed by atoms with van der Waals surface area (Å²) in [7, 11) is 1.51.